The predicted molar refractivity (Wildman–Crippen MR) is 114 cm³/mol. The van der Waals surface area contributed by atoms with Crippen LogP contribution in [0.3, 0.4) is 0 Å². The third-order valence-corrected chi connectivity index (χ3v) is 4.79. The number of halogens is 1. The summed E-state index contributed by atoms with van der Waals surface area (Å²) in [7, 11) is 0. The minimum Gasteiger partial charge on any atom is -0.454 e. The number of carbonyl (C=O) groups excluding carboxylic acids is 2. The molecule has 0 spiro atoms. The van der Waals surface area contributed by atoms with E-state index in [4.69, 9.17) is 20.8 Å². The number of non-ortho nitro benzene ring substituents is 1. The molecule has 1 amide bonds. The average Bonchev–Trinajstić information content (AvgIpc) is 3.25. The minimum atomic E-state index is -0.921. The number of nitrogens with zero attached hydrogens (tertiary/aromatic N) is 3. The molecule has 0 aliphatic rings. The first kappa shape index (κ1) is 22.9. The molecule has 0 aliphatic heterocycles. The van der Waals surface area contributed by atoms with Crippen LogP contribution in [0.1, 0.15) is 30.1 Å². The van der Waals surface area contributed by atoms with Gasteiger partial charge in [0, 0.05) is 17.7 Å². The van der Waals surface area contributed by atoms with Crippen LogP contribution >= 0.6 is 11.6 Å². The standard InChI is InChI=1S/C21H19ClN4O6/c1-12(2)18(23-19(27)15-5-3-4-6-16(15)22)21(28)31-11-17-24-25-20(32-17)13-7-9-14(10-8-13)26(29)30/h3-10,12,18H,11H2,1-2H3,(H,23,27)/t18-/m0/s1. The highest BCUT2D eigenvalue weighted by atomic mass is 35.5. The van der Waals surface area contributed by atoms with Crippen LogP contribution in [0.2, 0.25) is 5.02 Å². The van der Waals surface area contributed by atoms with Gasteiger partial charge in [-0.1, -0.05) is 37.6 Å². The van der Waals surface area contributed by atoms with Crippen LogP contribution in [0.4, 0.5) is 5.69 Å². The monoisotopic (exact) mass is 458 g/mol. The summed E-state index contributed by atoms with van der Waals surface area (Å²) in [5.41, 5.74) is 0.658. The number of amides is 1. The van der Waals surface area contributed by atoms with E-state index in [9.17, 15) is 19.7 Å². The Morgan fingerprint density at radius 3 is 2.47 bits per heavy atom. The summed E-state index contributed by atoms with van der Waals surface area (Å²) in [5.74, 6) is -1.27. The van der Waals surface area contributed by atoms with Crippen molar-refractivity contribution in [2.24, 2.45) is 5.92 Å². The van der Waals surface area contributed by atoms with Crippen molar-refractivity contribution >= 4 is 29.2 Å². The molecule has 11 heteroatoms. The minimum absolute atomic E-state index is 0.0339. The summed E-state index contributed by atoms with van der Waals surface area (Å²) in [5, 5.41) is 21.3. The normalized spacial score (nSPS) is 11.8. The van der Waals surface area contributed by atoms with Crippen LogP contribution in [0.5, 0.6) is 0 Å². The molecule has 0 unspecified atom stereocenters. The lowest BCUT2D eigenvalue weighted by Gasteiger charge is -2.20. The van der Waals surface area contributed by atoms with Crippen molar-refractivity contribution in [3.05, 3.63) is 75.1 Å². The van der Waals surface area contributed by atoms with Gasteiger partial charge < -0.3 is 14.5 Å². The number of ether oxygens (including phenoxy) is 1. The third-order valence-electron chi connectivity index (χ3n) is 4.46. The molecule has 1 aromatic heterocycles. The molecule has 1 atom stereocenters. The summed E-state index contributed by atoms with van der Waals surface area (Å²) < 4.78 is 10.7. The first-order valence-electron chi connectivity index (χ1n) is 9.55. The molecule has 0 bridgehead atoms. The van der Waals surface area contributed by atoms with Crippen molar-refractivity contribution in [2.75, 3.05) is 0 Å². The van der Waals surface area contributed by atoms with Gasteiger partial charge in [0.05, 0.1) is 15.5 Å². The van der Waals surface area contributed by atoms with Crippen LogP contribution in [-0.2, 0) is 16.1 Å². The Labute approximate surface area is 187 Å². The van der Waals surface area contributed by atoms with Crippen LogP contribution in [0, 0.1) is 16.0 Å². The van der Waals surface area contributed by atoms with Crippen molar-refractivity contribution in [3.8, 4) is 11.5 Å². The van der Waals surface area contributed by atoms with E-state index in [0.29, 0.717) is 5.56 Å². The molecule has 10 nitrogen and oxygen atoms in total. The lowest BCUT2D eigenvalue weighted by atomic mass is 10.0. The van der Waals surface area contributed by atoms with Crippen molar-refractivity contribution in [1.29, 1.82) is 0 Å². The molecule has 3 rings (SSSR count). The Morgan fingerprint density at radius 2 is 1.84 bits per heavy atom. The Kier molecular flexibility index (Phi) is 7.16. The van der Waals surface area contributed by atoms with Gasteiger partial charge in [0.15, 0.2) is 6.61 Å². The van der Waals surface area contributed by atoms with E-state index in [1.165, 1.54) is 24.3 Å². The number of hydrogen-bond acceptors (Lipinski definition) is 8. The predicted octanol–water partition coefficient (Wildman–Crippen LogP) is 3.80. The fraction of sp³-hybridized carbons (Fsp3) is 0.238. The topological polar surface area (TPSA) is 137 Å². The number of esters is 1. The van der Waals surface area contributed by atoms with Crippen molar-refractivity contribution < 1.29 is 23.7 Å². The highest BCUT2D eigenvalue weighted by Crippen LogP contribution is 2.21. The largest absolute Gasteiger partial charge is 0.454 e. The molecule has 0 saturated heterocycles. The fourth-order valence-corrected chi connectivity index (χ4v) is 2.96. The molecule has 0 fully saturated rings. The summed E-state index contributed by atoms with van der Waals surface area (Å²) in [6.45, 7) is 3.22. The van der Waals surface area contributed by atoms with E-state index >= 15 is 0 Å². The Balaban J connectivity index is 1.62. The van der Waals surface area contributed by atoms with Gasteiger partial charge in [0.25, 0.3) is 17.5 Å². The second kappa shape index (κ2) is 10.0. The smallest absolute Gasteiger partial charge is 0.329 e. The third kappa shape index (κ3) is 5.46. The summed E-state index contributed by atoms with van der Waals surface area (Å²) >= 11 is 6.04. The van der Waals surface area contributed by atoms with Gasteiger partial charge in [-0.05, 0) is 30.2 Å². The first-order chi connectivity index (χ1) is 15.3. The van der Waals surface area contributed by atoms with E-state index < -0.39 is 22.8 Å². The molecule has 1 heterocycles. The molecular formula is C21H19ClN4O6. The summed E-state index contributed by atoms with van der Waals surface area (Å²) in [6.07, 6.45) is 0. The Bertz CT molecular complexity index is 1130. The van der Waals surface area contributed by atoms with Crippen molar-refractivity contribution in [3.63, 3.8) is 0 Å². The molecule has 32 heavy (non-hydrogen) atoms. The van der Waals surface area contributed by atoms with Gasteiger partial charge in [0.2, 0.25) is 5.89 Å². The average molecular weight is 459 g/mol. The highest BCUT2D eigenvalue weighted by Gasteiger charge is 2.27. The number of carbonyl (C=O) groups is 2. The van der Waals surface area contributed by atoms with Crippen LogP contribution in [-0.4, -0.2) is 33.0 Å². The SMILES string of the molecule is CC(C)[C@H](NC(=O)c1ccccc1Cl)C(=O)OCc1nnc(-c2ccc([N+](=O)[O-])cc2)o1. The maximum Gasteiger partial charge on any atom is 0.329 e. The van der Waals surface area contributed by atoms with E-state index in [-0.39, 0.29) is 40.6 Å². The van der Waals surface area contributed by atoms with E-state index in [1.807, 2.05) is 0 Å². The van der Waals surface area contributed by atoms with Crippen LogP contribution < -0.4 is 5.32 Å². The van der Waals surface area contributed by atoms with Crippen LogP contribution in [0.25, 0.3) is 11.5 Å². The second-order valence-corrected chi connectivity index (χ2v) is 7.49. The summed E-state index contributed by atoms with van der Waals surface area (Å²) in [6, 6.07) is 11.2. The fourth-order valence-electron chi connectivity index (χ4n) is 2.74. The number of benzene rings is 2. The lowest BCUT2D eigenvalue weighted by molar-refractivity contribution is -0.384. The van der Waals surface area contributed by atoms with Gasteiger partial charge in [-0.15, -0.1) is 10.2 Å². The van der Waals surface area contributed by atoms with Gasteiger partial charge in [-0.2, -0.15) is 0 Å². The number of nitro groups is 1. The number of hydrogen-bond donors (Lipinski definition) is 1. The molecule has 0 aliphatic carbocycles. The Hall–Kier alpha value is -3.79. The van der Waals surface area contributed by atoms with Crippen molar-refractivity contribution in [2.45, 2.75) is 26.5 Å². The number of nitro benzene ring substituents is 1. The molecule has 166 valence electrons. The zero-order valence-corrected chi connectivity index (χ0v) is 17.9. The van der Waals surface area contributed by atoms with E-state index in [1.54, 1.807) is 38.1 Å². The molecule has 0 saturated carbocycles. The van der Waals surface area contributed by atoms with Gasteiger partial charge in [0.1, 0.15) is 6.04 Å². The van der Waals surface area contributed by atoms with E-state index in [0.717, 1.165) is 0 Å². The molecule has 3 aromatic rings. The molecule has 2 aromatic carbocycles. The van der Waals surface area contributed by atoms with Crippen LogP contribution in [0.15, 0.2) is 52.9 Å². The van der Waals surface area contributed by atoms with E-state index in [2.05, 4.69) is 15.5 Å². The van der Waals surface area contributed by atoms with Crippen molar-refractivity contribution in [1.82, 2.24) is 15.5 Å². The summed E-state index contributed by atoms with van der Waals surface area (Å²) in [4.78, 5) is 35.3. The molecular weight excluding hydrogens is 440 g/mol. The zero-order valence-electron chi connectivity index (χ0n) is 17.1. The molecule has 0 radical (unpaired) electrons. The number of nitrogens with one attached hydrogen (secondary N) is 1. The van der Waals surface area contributed by atoms with Gasteiger partial charge in [-0.25, -0.2) is 4.79 Å². The number of aromatic nitrogens is 2. The highest BCUT2D eigenvalue weighted by molar-refractivity contribution is 6.33. The maximum absolute atomic E-state index is 12.6. The first-order valence-corrected chi connectivity index (χ1v) is 9.93. The van der Waals surface area contributed by atoms with Gasteiger partial charge >= 0.3 is 5.97 Å². The second-order valence-electron chi connectivity index (χ2n) is 7.09. The quantitative estimate of drug-likeness (QED) is 0.305. The van der Waals surface area contributed by atoms with Gasteiger partial charge in [-0.3, -0.25) is 14.9 Å². The Morgan fingerprint density at radius 1 is 1.16 bits per heavy atom. The molecule has 1 N–H and O–H groups in total. The maximum atomic E-state index is 12.6. The lowest BCUT2D eigenvalue weighted by Crippen LogP contribution is -2.45. The number of rotatable bonds is 8. The zero-order chi connectivity index (χ0) is 23.3.